The lowest BCUT2D eigenvalue weighted by Crippen LogP contribution is -2.03. The maximum atomic E-state index is 13.2. The van der Waals surface area contributed by atoms with Crippen molar-refractivity contribution in [1.29, 1.82) is 5.26 Å². The molecule has 0 fully saturated rings. The molecule has 0 aliphatic heterocycles. The molecule has 0 aromatic heterocycles. The van der Waals surface area contributed by atoms with Crippen LogP contribution in [0.3, 0.4) is 0 Å². The minimum atomic E-state index is -0.328. The number of nitriles is 1. The number of hydrogen-bond acceptors (Lipinski definition) is 3. The maximum Gasteiger partial charge on any atom is 0.145 e. The smallest absolute Gasteiger partial charge is 0.145 e. The van der Waals surface area contributed by atoms with Gasteiger partial charge in [-0.3, -0.25) is 0 Å². The molecule has 0 saturated carbocycles. The van der Waals surface area contributed by atoms with Crippen molar-refractivity contribution in [1.82, 2.24) is 0 Å². The average molecular weight is 270 g/mol. The largest absolute Gasteiger partial charge is 0.492 e. The zero-order chi connectivity index (χ0) is 14.4. The second kappa shape index (κ2) is 6.58. The number of anilines is 1. The molecule has 1 N–H and O–H groups in total. The Morgan fingerprint density at radius 1 is 1.25 bits per heavy atom. The Morgan fingerprint density at radius 2 is 2.10 bits per heavy atom. The first-order chi connectivity index (χ1) is 9.72. The summed E-state index contributed by atoms with van der Waals surface area (Å²) in [6.45, 7) is 2.87. The van der Waals surface area contributed by atoms with Gasteiger partial charge in [-0.15, -0.1) is 0 Å². The van der Waals surface area contributed by atoms with Gasteiger partial charge in [0.2, 0.25) is 0 Å². The van der Waals surface area contributed by atoms with E-state index < -0.39 is 0 Å². The van der Waals surface area contributed by atoms with Gasteiger partial charge in [0, 0.05) is 12.6 Å². The van der Waals surface area contributed by atoms with E-state index in [1.54, 1.807) is 12.1 Å². The summed E-state index contributed by atoms with van der Waals surface area (Å²) in [6, 6.07) is 13.8. The van der Waals surface area contributed by atoms with Gasteiger partial charge in [0.1, 0.15) is 11.6 Å². The zero-order valence-electron chi connectivity index (χ0n) is 11.2. The Morgan fingerprint density at radius 3 is 2.85 bits per heavy atom. The number of benzene rings is 2. The van der Waals surface area contributed by atoms with Gasteiger partial charge in [-0.05, 0) is 36.8 Å². The third-order valence-electron chi connectivity index (χ3n) is 2.78. The average Bonchev–Trinajstić information content (AvgIpc) is 2.47. The van der Waals surface area contributed by atoms with Crippen LogP contribution in [0.1, 0.15) is 18.1 Å². The van der Waals surface area contributed by atoms with Gasteiger partial charge in [-0.1, -0.05) is 12.1 Å². The van der Waals surface area contributed by atoms with Crippen molar-refractivity contribution < 1.29 is 9.13 Å². The molecule has 0 aliphatic carbocycles. The van der Waals surface area contributed by atoms with Gasteiger partial charge in [0.25, 0.3) is 0 Å². The lowest BCUT2D eigenvalue weighted by molar-refractivity contribution is 0.340. The Balaban J connectivity index is 2.12. The fourth-order valence-corrected chi connectivity index (χ4v) is 1.87. The van der Waals surface area contributed by atoms with Crippen molar-refractivity contribution in [2.75, 3.05) is 11.9 Å². The van der Waals surface area contributed by atoms with Crippen LogP contribution in [0.5, 0.6) is 5.75 Å². The fourth-order valence-electron chi connectivity index (χ4n) is 1.87. The van der Waals surface area contributed by atoms with Crippen molar-refractivity contribution >= 4 is 5.69 Å². The van der Waals surface area contributed by atoms with Crippen LogP contribution in [-0.4, -0.2) is 6.61 Å². The second-order valence-electron chi connectivity index (χ2n) is 4.24. The molecule has 2 aromatic carbocycles. The second-order valence-corrected chi connectivity index (χ2v) is 4.24. The van der Waals surface area contributed by atoms with Gasteiger partial charge >= 0.3 is 0 Å². The summed E-state index contributed by atoms with van der Waals surface area (Å²) in [4.78, 5) is 0. The number of ether oxygens (including phenoxy) is 1. The molecule has 0 saturated heterocycles. The number of rotatable bonds is 5. The molecule has 0 unspecified atom stereocenters. The first-order valence-corrected chi connectivity index (χ1v) is 6.38. The predicted octanol–water partition coefficient (Wildman–Crippen LogP) is 3.71. The lowest BCUT2D eigenvalue weighted by atomic mass is 10.1. The van der Waals surface area contributed by atoms with Crippen molar-refractivity contribution in [3.05, 3.63) is 59.4 Å². The van der Waals surface area contributed by atoms with Crippen LogP contribution in [0.25, 0.3) is 0 Å². The molecule has 2 aromatic rings. The fraction of sp³-hybridized carbons (Fsp3) is 0.188. The van der Waals surface area contributed by atoms with Crippen molar-refractivity contribution in [2.45, 2.75) is 13.5 Å². The number of hydrogen-bond donors (Lipinski definition) is 1. The maximum absolute atomic E-state index is 13.2. The summed E-state index contributed by atoms with van der Waals surface area (Å²) in [7, 11) is 0. The van der Waals surface area contributed by atoms with E-state index in [2.05, 4.69) is 11.4 Å². The van der Waals surface area contributed by atoms with E-state index in [4.69, 9.17) is 10.00 Å². The highest BCUT2D eigenvalue weighted by atomic mass is 19.1. The minimum absolute atomic E-state index is 0.328. The van der Waals surface area contributed by atoms with Gasteiger partial charge in [-0.25, -0.2) is 4.39 Å². The molecule has 0 heterocycles. The molecule has 2 rings (SSSR count). The Bertz CT molecular complexity index is 635. The molecule has 102 valence electrons. The highest BCUT2D eigenvalue weighted by Crippen LogP contribution is 2.26. The number of halogens is 1. The highest BCUT2D eigenvalue weighted by Gasteiger charge is 2.05. The summed E-state index contributed by atoms with van der Waals surface area (Å²) < 4.78 is 18.6. The van der Waals surface area contributed by atoms with E-state index in [0.29, 0.717) is 24.5 Å². The lowest BCUT2D eigenvalue weighted by Gasteiger charge is -2.12. The van der Waals surface area contributed by atoms with Crippen molar-refractivity contribution in [2.24, 2.45) is 0 Å². The van der Waals surface area contributed by atoms with Crippen molar-refractivity contribution in [3.8, 4) is 11.8 Å². The van der Waals surface area contributed by atoms with Crippen LogP contribution < -0.4 is 10.1 Å². The summed E-state index contributed by atoms with van der Waals surface area (Å²) in [6.07, 6.45) is 0. The van der Waals surface area contributed by atoms with Crippen LogP contribution in [0, 0.1) is 17.1 Å². The zero-order valence-corrected chi connectivity index (χ0v) is 11.2. The molecule has 0 radical (unpaired) electrons. The van der Waals surface area contributed by atoms with Crippen LogP contribution >= 0.6 is 0 Å². The third-order valence-corrected chi connectivity index (χ3v) is 2.78. The van der Waals surface area contributed by atoms with Gasteiger partial charge in [0.15, 0.2) is 0 Å². The first-order valence-electron chi connectivity index (χ1n) is 6.38. The first kappa shape index (κ1) is 13.9. The highest BCUT2D eigenvalue weighted by molar-refractivity contribution is 5.56. The van der Waals surface area contributed by atoms with Crippen LogP contribution in [-0.2, 0) is 6.54 Å². The van der Waals surface area contributed by atoms with Gasteiger partial charge in [0.05, 0.1) is 23.9 Å². The molecule has 0 aliphatic rings. The molecule has 20 heavy (non-hydrogen) atoms. The van der Waals surface area contributed by atoms with E-state index in [1.807, 2.05) is 25.1 Å². The number of nitrogens with one attached hydrogen (secondary N) is 1. The van der Waals surface area contributed by atoms with E-state index in [-0.39, 0.29) is 5.82 Å². The van der Waals surface area contributed by atoms with Crippen LogP contribution in [0.4, 0.5) is 10.1 Å². The monoisotopic (exact) mass is 270 g/mol. The van der Waals surface area contributed by atoms with Crippen molar-refractivity contribution in [3.63, 3.8) is 0 Å². The van der Waals surface area contributed by atoms with Gasteiger partial charge in [-0.2, -0.15) is 5.26 Å². The Labute approximate surface area is 117 Å². The van der Waals surface area contributed by atoms with E-state index in [1.165, 1.54) is 12.1 Å². The topological polar surface area (TPSA) is 45.0 Å². The molecule has 0 atom stereocenters. The number of nitrogens with zero attached hydrogens (tertiary/aromatic N) is 1. The van der Waals surface area contributed by atoms with E-state index >= 15 is 0 Å². The summed E-state index contributed by atoms with van der Waals surface area (Å²) in [5.74, 6) is 0.161. The molecule has 0 bridgehead atoms. The van der Waals surface area contributed by atoms with E-state index in [0.717, 1.165) is 11.3 Å². The molecular weight excluding hydrogens is 255 g/mol. The Kier molecular flexibility index (Phi) is 4.56. The van der Waals surface area contributed by atoms with Crippen LogP contribution in [0.15, 0.2) is 42.5 Å². The molecule has 4 heteroatoms. The van der Waals surface area contributed by atoms with Crippen LogP contribution in [0.2, 0.25) is 0 Å². The quantitative estimate of drug-likeness (QED) is 0.900. The minimum Gasteiger partial charge on any atom is -0.492 e. The summed E-state index contributed by atoms with van der Waals surface area (Å²) in [5, 5.41) is 12.1. The molecule has 0 spiro atoms. The Hall–Kier alpha value is -2.54. The van der Waals surface area contributed by atoms with E-state index in [9.17, 15) is 4.39 Å². The molecular formula is C16H15FN2O. The molecule has 3 nitrogen and oxygen atoms in total. The summed E-state index contributed by atoms with van der Waals surface area (Å²) in [5.41, 5.74) is 2.33. The predicted molar refractivity (Wildman–Crippen MR) is 76.1 cm³/mol. The SMILES string of the molecule is CCOc1cc(F)ccc1NCc1cccc(C#N)c1. The normalized spacial score (nSPS) is 9.85. The molecule has 0 amide bonds. The summed E-state index contributed by atoms with van der Waals surface area (Å²) >= 11 is 0. The van der Waals surface area contributed by atoms with Gasteiger partial charge < -0.3 is 10.1 Å². The standard InChI is InChI=1S/C16H15FN2O/c1-2-20-16-9-14(17)6-7-15(16)19-11-13-5-3-4-12(8-13)10-18/h3-9,19H,2,11H2,1H3. The third kappa shape index (κ3) is 3.48.